The molecule has 8 nitrogen and oxygen atoms in total. The number of anilines is 1. The highest BCUT2D eigenvalue weighted by Crippen LogP contribution is 2.38. The van der Waals surface area contributed by atoms with Crippen molar-refractivity contribution in [1.29, 1.82) is 0 Å². The zero-order valence-electron chi connectivity index (χ0n) is 16.8. The number of rotatable bonds is 6. The lowest BCUT2D eigenvalue weighted by atomic mass is 10.1. The highest BCUT2D eigenvalue weighted by atomic mass is 32.2. The Morgan fingerprint density at radius 3 is 2.16 bits per heavy atom. The average Bonchev–Trinajstić information content (AvgIpc) is 3.28. The largest absolute Gasteiger partial charge is 0.496 e. The maximum atomic E-state index is 13.2. The second-order valence-electron chi connectivity index (χ2n) is 6.53. The van der Waals surface area contributed by atoms with Gasteiger partial charge in [0, 0.05) is 5.69 Å². The summed E-state index contributed by atoms with van der Waals surface area (Å²) in [5, 5.41) is 4.03. The van der Waals surface area contributed by atoms with Crippen molar-refractivity contribution in [2.24, 2.45) is 0 Å². The monoisotopic (exact) mass is 437 g/mol. The summed E-state index contributed by atoms with van der Waals surface area (Å²) in [7, 11) is -0.805. The van der Waals surface area contributed by atoms with Gasteiger partial charge in [-0.15, -0.1) is 0 Å². The molecule has 0 fully saturated rings. The van der Waals surface area contributed by atoms with E-state index in [1.807, 2.05) is 0 Å². The molecule has 2 N–H and O–H groups in total. The molecule has 0 saturated heterocycles. The summed E-state index contributed by atoms with van der Waals surface area (Å²) < 4.78 is 42.7. The van der Waals surface area contributed by atoms with E-state index in [4.69, 9.17) is 19.7 Å². The van der Waals surface area contributed by atoms with E-state index in [0.29, 0.717) is 22.7 Å². The Morgan fingerprint density at radius 1 is 0.871 bits per heavy atom. The van der Waals surface area contributed by atoms with Gasteiger partial charge in [-0.2, -0.15) is 4.98 Å². The summed E-state index contributed by atoms with van der Waals surface area (Å²) in [6.45, 7) is 0. The van der Waals surface area contributed by atoms with E-state index in [0.717, 1.165) is 0 Å². The molecule has 0 radical (unpaired) electrons. The molecule has 0 atom stereocenters. The fourth-order valence-electron chi connectivity index (χ4n) is 3.16. The number of aromatic nitrogens is 2. The van der Waals surface area contributed by atoms with E-state index in [-0.39, 0.29) is 27.1 Å². The van der Waals surface area contributed by atoms with Gasteiger partial charge in [0.15, 0.2) is 0 Å². The summed E-state index contributed by atoms with van der Waals surface area (Å²) in [4.78, 5) is 4.58. The van der Waals surface area contributed by atoms with Gasteiger partial charge in [0.25, 0.3) is 5.89 Å². The molecule has 0 aliphatic heterocycles. The van der Waals surface area contributed by atoms with Gasteiger partial charge in [0.1, 0.15) is 17.1 Å². The van der Waals surface area contributed by atoms with Gasteiger partial charge >= 0.3 is 0 Å². The summed E-state index contributed by atoms with van der Waals surface area (Å²) >= 11 is 0. The van der Waals surface area contributed by atoms with Gasteiger partial charge < -0.3 is 19.7 Å². The zero-order chi connectivity index (χ0) is 22.0. The van der Waals surface area contributed by atoms with Crippen LogP contribution < -0.4 is 15.2 Å². The molecular weight excluding hydrogens is 418 g/mol. The summed E-state index contributed by atoms with van der Waals surface area (Å²) in [6, 6.07) is 17.7. The molecule has 1 aromatic heterocycles. The Kier molecular flexibility index (Phi) is 5.35. The Bertz CT molecular complexity index is 1310. The normalized spacial score (nSPS) is 11.3. The second-order valence-corrected chi connectivity index (χ2v) is 8.45. The van der Waals surface area contributed by atoms with E-state index in [2.05, 4.69) is 10.1 Å². The quantitative estimate of drug-likeness (QED) is 0.452. The number of nitrogen functional groups attached to an aromatic ring is 1. The van der Waals surface area contributed by atoms with Gasteiger partial charge in [0.05, 0.1) is 29.6 Å². The Balaban J connectivity index is 1.83. The van der Waals surface area contributed by atoms with Crippen molar-refractivity contribution in [3.8, 4) is 34.3 Å². The highest BCUT2D eigenvalue weighted by Gasteiger charge is 2.26. The number of ether oxygens (including phenoxy) is 2. The molecular formula is C22H19N3O5S. The van der Waals surface area contributed by atoms with E-state index in [9.17, 15) is 8.42 Å². The number of hydrogen-bond acceptors (Lipinski definition) is 8. The average molecular weight is 437 g/mol. The summed E-state index contributed by atoms with van der Waals surface area (Å²) in [5.41, 5.74) is 6.94. The van der Waals surface area contributed by atoms with Crippen LogP contribution in [0.3, 0.4) is 0 Å². The van der Waals surface area contributed by atoms with Gasteiger partial charge in [-0.25, -0.2) is 8.42 Å². The first-order valence-corrected chi connectivity index (χ1v) is 10.7. The minimum absolute atomic E-state index is 0.0435. The molecule has 9 heteroatoms. The van der Waals surface area contributed by atoms with Crippen LogP contribution in [0.2, 0.25) is 0 Å². The Hall–Kier alpha value is -3.85. The predicted molar refractivity (Wildman–Crippen MR) is 115 cm³/mol. The molecule has 158 valence electrons. The number of nitrogens with zero attached hydrogens (tertiary/aromatic N) is 2. The molecule has 4 rings (SSSR count). The standard InChI is InChI=1S/C22H19N3O5S/c1-28-17-7-5-8-18(29-2)20(17)21-24-22(30-25-21)16-6-3-4-9-19(16)31(26,27)15-12-10-14(23)11-13-15/h3-13H,23H2,1-2H3. The molecule has 0 amide bonds. The first-order chi connectivity index (χ1) is 15.0. The molecule has 0 spiro atoms. The van der Waals surface area contributed by atoms with Gasteiger partial charge in [0.2, 0.25) is 15.7 Å². The molecule has 0 unspecified atom stereocenters. The lowest BCUT2D eigenvalue weighted by Gasteiger charge is -2.09. The highest BCUT2D eigenvalue weighted by molar-refractivity contribution is 7.91. The van der Waals surface area contributed by atoms with Crippen LogP contribution in [0.4, 0.5) is 5.69 Å². The van der Waals surface area contributed by atoms with E-state index < -0.39 is 9.84 Å². The van der Waals surface area contributed by atoms with Crippen molar-refractivity contribution >= 4 is 15.5 Å². The van der Waals surface area contributed by atoms with Crippen LogP contribution in [-0.4, -0.2) is 32.8 Å². The van der Waals surface area contributed by atoms with Crippen LogP contribution in [0.25, 0.3) is 22.8 Å². The first-order valence-electron chi connectivity index (χ1n) is 9.21. The van der Waals surface area contributed by atoms with Crippen molar-refractivity contribution in [3.05, 3.63) is 66.7 Å². The van der Waals surface area contributed by atoms with Gasteiger partial charge in [-0.1, -0.05) is 23.4 Å². The predicted octanol–water partition coefficient (Wildman–Crippen LogP) is 3.84. The zero-order valence-corrected chi connectivity index (χ0v) is 17.6. The molecule has 0 bridgehead atoms. The lowest BCUT2D eigenvalue weighted by molar-refractivity contribution is 0.394. The SMILES string of the molecule is COc1cccc(OC)c1-c1noc(-c2ccccc2S(=O)(=O)c2ccc(N)cc2)n1. The number of nitrogens with two attached hydrogens (primary N) is 1. The molecule has 4 aromatic rings. The third-order valence-electron chi connectivity index (χ3n) is 4.67. The van der Waals surface area contributed by atoms with Crippen molar-refractivity contribution in [3.63, 3.8) is 0 Å². The Labute approximate surface area is 179 Å². The maximum absolute atomic E-state index is 13.2. The van der Waals surface area contributed by atoms with Crippen LogP contribution in [0.5, 0.6) is 11.5 Å². The topological polar surface area (TPSA) is 118 Å². The molecule has 0 aliphatic rings. The number of sulfone groups is 1. The van der Waals surface area contributed by atoms with Gasteiger partial charge in [-0.3, -0.25) is 0 Å². The van der Waals surface area contributed by atoms with Crippen molar-refractivity contribution in [2.45, 2.75) is 9.79 Å². The van der Waals surface area contributed by atoms with Crippen molar-refractivity contribution in [2.75, 3.05) is 20.0 Å². The van der Waals surface area contributed by atoms with E-state index >= 15 is 0 Å². The van der Waals surface area contributed by atoms with E-state index in [1.54, 1.807) is 36.4 Å². The molecule has 1 heterocycles. The van der Waals surface area contributed by atoms with Crippen LogP contribution >= 0.6 is 0 Å². The summed E-state index contributed by atoms with van der Waals surface area (Å²) in [5.74, 6) is 1.26. The number of methoxy groups -OCH3 is 2. The minimum Gasteiger partial charge on any atom is -0.496 e. The number of hydrogen-bond donors (Lipinski definition) is 1. The van der Waals surface area contributed by atoms with E-state index in [1.165, 1.54) is 44.6 Å². The fourth-order valence-corrected chi connectivity index (χ4v) is 4.61. The maximum Gasteiger partial charge on any atom is 0.259 e. The lowest BCUT2D eigenvalue weighted by Crippen LogP contribution is -2.04. The second kappa shape index (κ2) is 8.11. The third kappa shape index (κ3) is 3.71. The number of benzene rings is 3. The van der Waals surface area contributed by atoms with Gasteiger partial charge in [-0.05, 0) is 48.5 Å². The first kappa shape index (κ1) is 20.4. The van der Waals surface area contributed by atoms with Crippen LogP contribution in [0, 0.1) is 0 Å². The smallest absolute Gasteiger partial charge is 0.259 e. The van der Waals surface area contributed by atoms with Crippen LogP contribution in [0.1, 0.15) is 0 Å². The Morgan fingerprint density at radius 2 is 1.52 bits per heavy atom. The third-order valence-corrected chi connectivity index (χ3v) is 6.50. The van der Waals surface area contributed by atoms with Crippen LogP contribution in [-0.2, 0) is 9.84 Å². The fraction of sp³-hybridized carbons (Fsp3) is 0.0909. The molecule has 0 aliphatic carbocycles. The molecule has 3 aromatic carbocycles. The molecule has 31 heavy (non-hydrogen) atoms. The summed E-state index contributed by atoms with van der Waals surface area (Å²) in [6.07, 6.45) is 0. The van der Waals surface area contributed by atoms with Crippen molar-refractivity contribution < 1.29 is 22.4 Å². The molecule has 0 saturated carbocycles. The van der Waals surface area contributed by atoms with Crippen LogP contribution in [0.15, 0.2) is 81.0 Å². The minimum atomic E-state index is -3.85. The van der Waals surface area contributed by atoms with Crippen molar-refractivity contribution in [1.82, 2.24) is 10.1 Å².